The first kappa shape index (κ1) is 82.6. The Labute approximate surface area is 581 Å². The summed E-state index contributed by atoms with van der Waals surface area (Å²) >= 11 is 0. The van der Waals surface area contributed by atoms with E-state index in [9.17, 15) is 72.5 Å². The molecule has 0 radical (unpaired) electrons. The molecule has 28 heteroatoms. The van der Waals surface area contributed by atoms with E-state index in [1.807, 2.05) is 33.8 Å². The molecule has 0 spiro atoms. The highest BCUT2D eigenvalue weighted by atomic mass is 16.6. The molecule has 1 saturated heterocycles. The molecule has 2 aliphatic rings. The summed E-state index contributed by atoms with van der Waals surface area (Å²) in [6.45, 7) is 17.9. The normalized spacial score (nSPS) is 17.0. The number of ether oxygens (including phenoxy) is 3. The van der Waals surface area contributed by atoms with Crippen molar-refractivity contribution < 1.29 is 86.8 Å². The van der Waals surface area contributed by atoms with Crippen molar-refractivity contribution >= 4 is 82.8 Å². The summed E-state index contributed by atoms with van der Waals surface area (Å²) in [6, 6.07) is 6.79. The van der Waals surface area contributed by atoms with Crippen LogP contribution in [0, 0.1) is 29.6 Å². The Morgan fingerprint density at radius 3 is 1.86 bits per heavy atom. The molecule has 1 fully saturated rings. The number of carbonyl (C=O) groups is 13. The molecule has 28 nitrogen and oxygen atoms in total. The zero-order valence-electron chi connectivity index (χ0n) is 59.8. The molecular formula is C71H106N10O18. The standard InChI is InChI=1S/C71H106N10O18/c1-15-44(8)62(54(97-13)39-58(85)80-36-22-25-53(80)63(98-14)45(9)64(88)76-52(70(94)95)38-47-23-18-16-19-24-47)78(11)69(93)60(42(4)5)77-68(92)61(43(6)7)79(12)71(96)99-40-48-27-29-49(30-28-48)73-66(90)50(31-34-59(86)87)75-65(89)46(10)72-67(91)51(37-41(2)3)74-55(82)26-20-17-21-35-81-56(83)32-33-57(81)84/h16,18-19,23-24,27-30,32-33,41-46,50-54,60-63H,15,17,20-22,25-26,31,34-40H2,1-14H3,(H,72,91)(H,73,90)(H,74,82)(H,75,89)(H,76,88)(H,77,92)(H,86,87)(H,94,95)/t44-,45+,46-,50-,51+,52-,53-,54+,60-,61-,62-,63+/m0/s1. The molecule has 2 aromatic carbocycles. The fourth-order valence-corrected chi connectivity index (χ4v) is 12.4. The second-order valence-electron chi connectivity index (χ2n) is 26.9. The molecule has 4 rings (SSSR count). The van der Waals surface area contributed by atoms with Gasteiger partial charge in [-0.15, -0.1) is 0 Å². The van der Waals surface area contributed by atoms with E-state index in [1.54, 1.807) is 83.0 Å². The smallest absolute Gasteiger partial charge is 0.410 e. The van der Waals surface area contributed by atoms with Crippen molar-refractivity contribution in [2.45, 2.75) is 213 Å². The monoisotopic (exact) mass is 1390 g/mol. The van der Waals surface area contributed by atoms with Crippen molar-refractivity contribution in [3.63, 3.8) is 0 Å². The van der Waals surface area contributed by atoms with E-state index in [1.165, 1.54) is 57.4 Å². The number of hydrogen-bond acceptors (Lipinski definition) is 16. The number of hydrogen-bond donors (Lipinski definition) is 8. The van der Waals surface area contributed by atoms with Crippen LogP contribution in [-0.2, 0) is 84.8 Å². The average molecular weight is 1390 g/mol. The van der Waals surface area contributed by atoms with Crippen LogP contribution in [0.25, 0.3) is 0 Å². The quantitative estimate of drug-likeness (QED) is 0.0322. The predicted octanol–water partition coefficient (Wildman–Crippen LogP) is 4.96. The molecule has 12 atom stereocenters. The minimum Gasteiger partial charge on any atom is -0.481 e. The number of rotatable bonds is 41. The maximum absolute atomic E-state index is 14.8. The van der Waals surface area contributed by atoms with Gasteiger partial charge in [-0.2, -0.15) is 0 Å². The first-order valence-corrected chi connectivity index (χ1v) is 34.2. The van der Waals surface area contributed by atoms with Gasteiger partial charge in [0.05, 0.1) is 36.6 Å². The van der Waals surface area contributed by atoms with Gasteiger partial charge in [0.25, 0.3) is 11.8 Å². The molecule has 548 valence electrons. The fraction of sp³-hybridized carbons (Fsp3) is 0.620. The van der Waals surface area contributed by atoms with Crippen molar-refractivity contribution in [2.75, 3.05) is 46.7 Å². The molecule has 0 saturated carbocycles. The molecule has 11 amide bonds. The number of likely N-dealkylation sites (N-methyl/N-ethyl adjacent to an activating group) is 2. The van der Waals surface area contributed by atoms with E-state index >= 15 is 0 Å². The van der Waals surface area contributed by atoms with Gasteiger partial charge in [0.1, 0.15) is 42.9 Å². The van der Waals surface area contributed by atoms with Crippen LogP contribution < -0.4 is 31.9 Å². The molecule has 8 N–H and O–H groups in total. The summed E-state index contributed by atoms with van der Waals surface area (Å²) in [5.41, 5.74) is 1.44. The van der Waals surface area contributed by atoms with Crippen molar-refractivity contribution in [3.8, 4) is 0 Å². The Morgan fingerprint density at radius 1 is 0.657 bits per heavy atom. The number of nitrogens with zero attached hydrogens (tertiary/aromatic N) is 4. The zero-order valence-corrected chi connectivity index (χ0v) is 59.8. The van der Waals surface area contributed by atoms with Gasteiger partial charge >= 0.3 is 18.0 Å². The number of methoxy groups -OCH3 is 2. The van der Waals surface area contributed by atoms with Crippen molar-refractivity contribution in [3.05, 3.63) is 77.9 Å². The van der Waals surface area contributed by atoms with Crippen LogP contribution in [0.3, 0.4) is 0 Å². The van der Waals surface area contributed by atoms with Gasteiger partial charge in [-0.3, -0.25) is 62.5 Å². The number of carboxylic acid groups (broad SMARTS) is 2. The van der Waals surface area contributed by atoms with Crippen LogP contribution in [0.5, 0.6) is 0 Å². The lowest BCUT2D eigenvalue weighted by molar-refractivity contribution is -0.148. The van der Waals surface area contributed by atoms with Crippen molar-refractivity contribution in [2.24, 2.45) is 29.6 Å². The Bertz CT molecular complexity index is 3110. The third kappa shape index (κ3) is 25.2. The minimum absolute atomic E-state index is 0.0432. The number of anilines is 1. The van der Waals surface area contributed by atoms with Crippen LogP contribution in [0.15, 0.2) is 66.7 Å². The second kappa shape index (κ2) is 40.3. The summed E-state index contributed by atoms with van der Waals surface area (Å²) in [7, 11) is 5.91. The number of imide groups is 1. The number of carbonyl (C=O) groups excluding carboxylic acids is 11. The van der Waals surface area contributed by atoms with E-state index < -0.39 is 144 Å². The summed E-state index contributed by atoms with van der Waals surface area (Å²) < 4.78 is 17.6. The van der Waals surface area contributed by atoms with E-state index in [4.69, 9.17) is 14.2 Å². The minimum atomic E-state index is -1.37. The Morgan fingerprint density at radius 2 is 1.29 bits per heavy atom. The number of nitrogens with one attached hydrogen (secondary N) is 6. The zero-order chi connectivity index (χ0) is 74.0. The molecule has 2 aromatic rings. The predicted molar refractivity (Wildman–Crippen MR) is 366 cm³/mol. The lowest BCUT2D eigenvalue weighted by atomic mass is 9.89. The van der Waals surface area contributed by atoms with E-state index in [-0.39, 0.29) is 80.5 Å². The third-order valence-electron chi connectivity index (χ3n) is 18.2. The Kier molecular flexibility index (Phi) is 33.7. The highest BCUT2D eigenvalue weighted by Gasteiger charge is 2.44. The first-order valence-electron chi connectivity index (χ1n) is 34.2. The SMILES string of the molecule is CC[C@H](C)[C@@H]([C@@H](CC(=O)N1CCC[C@H]1[C@H](OC)[C@@H](C)C(=O)N[C@@H](Cc1ccccc1)C(=O)O)OC)N(C)C(=O)[C@@H](NC(=O)[C@H](C(C)C)N(C)C(=O)OCc1ccc(NC(=O)[C@H](CCC(=O)O)NC(=O)[C@H](C)NC(=O)[C@@H](CC(C)C)NC(=O)CCCCCN2C(=O)C=CC2=O)cc1)C(C)C. The number of amides is 11. The van der Waals surface area contributed by atoms with Crippen LogP contribution in [0.2, 0.25) is 0 Å². The maximum atomic E-state index is 14.8. The molecule has 0 unspecified atom stereocenters. The van der Waals surface area contributed by atoms with Gasteiger partial charge in [0.15, 0.2) is 0 Å². The number of unbranched alkanes of at least 4 members (excludes halogenated alkanes) is 2. The molecule has 0 aliphatic carbocycles. The van der Waals surface area contributed by atoms with Crippen LogP contribution in [0.4, 0.5) is 10.5 Å². The Balaban J connectivity index is 1.36. The molecule has 2 aliphatic heterocycles. The lowest BCUT2D eigenvalue weighted by Crippen LogP contribution is -2.60. The van der Waals surface area contributed by atoms with E-state index in [0.29, 0.717) is 50.6 Å². The van der Waals surface area contributed by atoms with Gasteiger partial charge in [-0.05, 0) is 92.4 Å². The summed E-state index contributed by atoms with van der Waals surface area (Å²) in [6.07, 6.45) is 2.51. The summed E-state index contributed by atoms with van der Waals surface area (Å²) in [5.74, 6) is -9.80. The third-order valence-corrected chi connectivity index (χ3v) is 18.2. The summed E-state index contributed by atoms with van der Waals surface area (Å²) in [5, 5.41) is 35.6. The van der Waals surface area contributed by atoms with Crippen LogP contribution in [0.1, 0.15) is 151 Å². The molecule has 2 heterocycles. The highest BCUT2D eigenvalue weighted by molar-refractivity contribution is 6.12. The Hall–Kier alpha value is -8.79. The van der Waals surface area contributed by atoms with E-state index in [0.717, 1.165) is 15.4 Å². The van der Waals surface area contributed by atoms with Crippen molar-refractivity contribution in [1.29, 1.82) is 0 Å². The highest BCUT2D eigenvalue weighted by Crippen LogP contribution is 2.30. The van der Waals surface area contributed by atoms with Gasteiger partial charge in [0, 0.05) is 78.5 Å². The number of aliphatic carboxylic acids is 2. The van der Waals surface area contributed by atoms with Crippen molar-refractivity contribution in [1.82, 2.24) is 46.2 Å². The number of benzene rings is 2. The number of likely N-dealkylation sites (tertiary alicyclic amines) is 1. The topological polar surface area (TPSA) is 375 Å². The van der Waals surface area contributed by atoms with Gasteiger partial charge in [-0.25, -0.2) is 9.59 Å². The largest absolute Gasteiger partial charge is 0.481 e. The molecule has 99 heavy (non-hydrogen) atoms. The van der Waals surface area contributed by atoms with Gasteiger partial charge in [0.2, 0.25) is 47.3 Å². The second-order valence-corrected chi connectivity index (χ2v) is 26.9. The summed E-state index contributed by atoms with van der Waals surface area (Å²) in [4.78, 5) is 178. The molecular weight excluding hydrogens is 1280 g/mol. The molecule has 0 bridgehead atoms. The van der Waals surface area contributed by atoms with E-state index in [2.05, 4.69) is 31.9 Å². The number of carboxylic acids is 2. The first-order chi connectivity index (χ1) is 46.7. The maximum Gasteiger partial charge on any atom is 0.410 e. The average Bonchev–Trinajstić information content (AvgIpc) is 1.69. The van der Waals surface area contributed by atoms with Gasteiger partial charge < -0.3 is 66.1 Å². The lowest BCUT2D eigenvalue weighted by Gasteiger charge is -2.41. The fourth-order valence-electron chi connectivity index (χ4n) is 12.4. The van der Waals surface area contributed by atoms with Gasteiger partial charge in [-0.1, -0.05) is 118 Å². The van der Waals surface area contributed by atoms with Crippen LogP contribution in [-0.4, -0.2) is 209 Å². The molecule has 0 aromatic heterocycles. The van der Waals surface area contributed by atoms with Crippen LogP contribution >= 0.6 is 0 Å².